The molecule has 1 radical (unpaired) electrons. The van der Waals surface area contributed by atoms with Crippen LogP contribution in [0.3, 0.4) is 0 Å². The van der Waals surface area contributed by atoms with Crippen LogP contribution in [0.5, 0.6) is 0 Å². The summed E-state index contributed by atoms with van der Waals surface area (Å²) in [5.74, 6) is 0. The van der Waals surface area contributed by atoms with E-state index < -0.39 is 0 Å². The highest BCUT2D eigenvalue weighted by molar-refractivity contribution is 4.99. The standard InChI is InChI=1S/C5H8N3O/c1-2-9-4-5-3-6-8-7-5/h3-4H,2H2,1H3,(H,6,7,8). The van der Waals surface area contributed by atoms with Gasteiger partial charge in [0.2, 0.25) is 0 Å². The lowest BCUT2D eigenvalue weighted by Crippen LogP contribution is -1.88. The van der Waals surface area contributed by atoms with E-state index in [1.165, 1.54) is 0 Å². The number of rotatable bonds is 3. The van der Waals surface area contributed by atoms with E-state index in [0.29, 0.717) is 6.61 Å². The van der Waals surface area contributed by atoms with Gasteiger partial charge in [-0.2, -0.15) is 0 Å². The minimum Gasteiger partial charge on any atom is -0.369 e. The molecule has 0 aliphatic rings. The van der Waals surface area contributed by atoms with E-state index in [2.05, 4.69) is 15.4 Å². The number of aromatic nitrogens is 3. The van der Waals surface area contributed by atoms with E-state index in [4.69, 9.17) is 4.74 Å². The summed E-state index contributed by atoms with van der Waals surface area (Å²) in [7, 11) is 0. The van der Waals surface area contributed by atoms with Gasteiger partial charge in [0.05, 0.1) is 11.9 Å². The molecule has 0 aliphatic carbocycles. The van der Waals surface area contributed by atoms with Gasteiger partial charge in [-0.1, -0.05) is 5.21 Å². The number of aromatic amines is 1. The van der Waals surface area contributed by atoms with E-state index in [0.717, 1.165) is 5.69 Å². The topological polar surface area (TPSA) is 50.8 Å². The smallest absolute Gasteiger partial charge is 0.132 e. The van der Waals surface area contributed by atoms with Crippen molar-refractivity contribution in [2.24, 2.45) is 0 Å². The summed E-state index contributed by atoms with van der Waals surface area (Å²) < 4.78 is 4.94. The lowest BCUT2D eigenvalue weighted by atomic mass is 10.5. The van der Waals surface area contributed by atoms with Crippen LogP contribution in [0.1, 0.15) is 12.6 Å². The highest BCUT2D eigenvalue weighted by Gasteiger charge is 1.91. The second-order valence-electron chi connectivity index (χ2n) is 1.48. The Morgan fingerprint density at radius 3 is 3.33 bits per heavy atom. The SMILES string of the molecule is CCO[CH]c1cnn[nH]1. The van der Waals surface area contributed by atoms with E-state index in [1.54, 1.807) is 12.8 Å². The van der Waals surface area contributed by atoms with E-state index >= 15 is 0 Å². The first-order valence-electron chi connectivity index (χ1n) is 2.74. The normalized spacial score (nSPS) is 9.89. The summed E-state index contributed by atoms with van der Waals surface area (Å²) in [6, 6.07) is 0. The molecule has 1 N–H and O–H groups in total. The summed E-state index contributed by atoms with van der Waals surface area (Å²) in [6.07, 6.45) is 1.59. The molecule has 0 spiro atoms. The third-order valence-electron chi connectivity index (χ3n) is 0.811. The minimum atomic E-state index is 0.666. The zero-order valence-corrected chi connectivity index (χ0v) is 5.16. The lowest BCUT2D eigenvalue weighted by Gasteiger charge is -1.92. The number of H-pyrrole nitrogens is 1. The second kappa shape index (κ2) is 3.19. The maximum absolute atomic E-state index is 4.94. The van der Waals surface area contributed by atoms with Gasteiger partial charge in [0.15, 0.2) is 0 Å². The van der Waals surface area contributed by atoms with Crippen LogP contribution >= 0.6 is 0 Å². The fourth-order valence-corrected chi connectivity index (χ4v) is 0.436. The largest absolute Gasteiger partial charge is 0.369 e. The third-order valence-corrected chi connectivity index (χ3v) is 0.811. The summed E-state index contributed by atoms with van der Waals surface area (Å²) in [5.41, 5.74) is 0.789. The van der Waals surface area contributed by atoms with Gasteiger partial charge in [0.1, 0.15) is 6.61 Å². The van der Waals surface area contributed by atoms with Gasteiger partial charge >= 0.3 is 0 Å². The molecule has 4 heteroatoms. The van der Waals surface area contributed by atoms with Crippen molar-refractivity contribution in [3.05, 3.63) is 18.5 Å². The van der Waals surface area contributed by atoms with Crippen molar-refractivity contribution in [2.75, 3.05) is 6.61 Å². The van der Waals surface area contributed by atoms with Gasteiger partial charge in [-0.3, -0.25) is 5.10 Å². The fourth-order valence-electron chi connectivity index (χ4n) is 0.436. The van der Waals surface area contributed by atoms with Crippen molar-refractivity contribution in [1.29, 1.82) is 0 Å². The van der Waals surface area contributed by atoms with Crippen molar-refractivity contribution in [3.63, 3.8) is 0 Å². The minimum absolute atomic E-state index is 0.666. The average molecular weight is 126 g/mol. The molecule has 0 bridgehead atoms. The molecule has 1 rings (SSSR count). The molecule has 0 unspecified atom stereocenters. The van der Waals surface area contributed by atoms with Crippen molar-refractivity contribution in [1.82, 2.24) is 15.4 Å². The maximum Gasteiger partial charge on any atom is 0.132 e. The number of hydrogen-bond acceptors (Lipinski definition) is 3. The first-order chi connectivity index (χ1) is 4.43. The quantitative estimate of drug-likeness (QED) is 0.635. The zero-order chi connectivity index (χ0) is 6.53. The van der Waals surface area contributed by atoms with Crippen LogP contribution in [0.15, 0.2) is 6.20 Å². The lowest BCUT2D eigenvalue weighted by molar-refractivity contribution is 0.228. The molecule has 1 aromatic heterocycles. The molecule has 0 aromatic carbocycles. The molecule has 4 nitrogen and oxygen atoms in total. The second-order valence-corrected chi connectivity index (χ2v) is 1.48. The highest BCUT2D eigenvalue weighted by Crippen LogP contribution is 1.93. The van der Waals surface area contributed by atoms with E-state index in [-0.39, 0.29) is 0 Å². The Morgan fingerprint density at radius 2 is 2.78 bits per heavy atom. The van der Waals surface area contributed by atoms with Gasteiger partial charge in [-0.15, -0.1) is 5.10 Å². The zero-order valence-electron chi connectivity index (χ0n) is 5.16. The summed E-state index contributed by atoms with van der Waals surface area (Å²) in [6.45, 7) is 4.17. The Morgan fingerprint density at radius 1 is 1.89 bits per heavy atom. The summed E-state index contributed by atoms with van der Waals surface area (Å²) >= 11 is 0. The molecular formula is C5H8N3O. The number of nitrogens with zero attached hydrogens (tertiary/aromatic N) is 2. The molecular weight excluding hydrogens is 118 g/mol. The highest BCUT2D eigenvalue weighted by atomic mass is 16.5. The number of ether oxygens (including phenoxy) is 1. The van der Waals surface area contributed by atoms with E-state index in [1.807, 2.05) is 6.92 Å². The van der Waals surface area contributed by atoms with E-state index in [9.17, 15) is 0 Å². The predicted octanol–water partition coefficient (Wildman–Crippen LogP) is 0.351. The van der Waals surface area contributed by atoms with Crippen molar-refractivity contribution in [3.8, 4) is 0 Å². The molecule has 9 heavy (non-hydrogen) atoms. The van der Waals surface area contributed by atoms with Gasteiger partial charge in [-0.25, -0.2) is 0 Å². The molecule has 0 fully saturated rings. The molecule has 0 saturated heterocycles. The predicted molar refractivity (Wildman–Crippen MR) is 31.4 cm³/mol. The summed E-state index contributed by atoms with van der Waals surface area (Å²) in [5, 5.41) is 9.68. The average Bonchev–Trinajstić information content (AvgIpc) is 2.34. The van der Waals surface area contributed by atoms with Gasteiger partial charge in [0.25, 0.3) is 0 Å². The monoisotopic (exact) mass is 126 g/mol. The van der Waals surface area contributed by atoms with Crippen LogP contribution in [0, 0.1) is 6.61 Å². The molecule has 0 saturated carbocycles. The van der Waals surface area contributed by atoms with Crippen LogP contribution in [0.25, 0.3) is 0 Å². The molecule has 0 amide bonds. The Hall–Kier alpha value is -0.900. The molecule has 0 atom stereocenters. The van der Waals surface area contributed by atoms with Gasteiger partial charge in [-0.05, 0) is 6.92 Å². The molecule has 1 heterocycles. The fraction of sp³-hybridized carbons (Fsp3) is 0.400. The van der Waals surface area contributed by atoms with Crippen LogP contribution in [-0.4, -0.2) is 22.0 Å². The number of hydrogen-bond donors (Lipinski definition) is 1. The Balaban J connectivity index is 2.30. The molecule has 49 valence electrons. The van der Waals surface area contributed by atoms with Crippen molar-refractivity contribution < 1.29 is 4.74 Å². The van der Waals surface area contributed by atoms with Crippen LogP contribution in [0.4, 0.5) is 0 Å². The van der Waals surface area contributed by atoms with Crippen molar-refractivity contribution >= 4 is 0 Å². The first-order valence-corrected chi connectivity index (χ1v) is 2.74. The Labute approximate surface area is 53.2 Å². The van der Waals surface area contributed by atoms with Crippen molar-refractivity contribution in [2.45, 2.75) is 6.92 Å². The third kappa shape index (κ3) is 1.81. The maximum atomic E-state index is 4.94. The number of nitrogens with one attached hydrogen (secondary N) is 1. The Kier molecular flexibility index (Phi) is 2.21. The van der Waals surface area contributed by atoms with Crippen LogP contribution in [-0.2, 0) is 4.74 Å². The van der Waals surface area contributed by atoms with Crippen LogP contribution in [0.2, 0.25) is 0 Å². The first kappa shape index (κ1) is 6.22. The van der Waals surface area contributed by atoms with Crippen LogP contribution < -0.4 is 0 Å². The van der Waals surface area contributed by atoms with Gasteiger partial charge < -0.3 is 4.74 Å². The summed E-state index contributed by atoms with van der Waals surface area (Å²) in [4.78, 5) is 0. The molecule has 1 aromatic rings. The van der Waals surface area contributed by atoms with Gasteiger partial charge in [0, 0.05) is 6.61 Å². The Bertz CT molecular complexity index is 149. The molecule has 0 aliphatic heterocycles.